The maximum atomic E-state index is 13.5. The number of nitrogens with two attached hydrogens (primary N) is 1. The molecule has 1 saturated carbocycles. The fraction of sp³-hybridized carbons (Fsp3) is 0.414. The highest BCUT2D eigenvalue weighted by atomic mass is 79.9. The number of halogens is 1. The minimum Gasteiger partial charge on any atom is -0.395 e. The molecule has 3 heterocycles. The van der Waals surface area contributed by atoms with Gasteiger partial charge in [-0.25, -0.2) is 4.98 Å². The Morgan fingerprint density at radius 1 is 1.24 bits per heavy atom. The normalized spacial score (nSPS) is 15.2. The summed E-state index contributed by atoms with van der Waals surface area (Å²) in [7, 11) is 1.58. The highest BCUT2D eigenvalue weighted by molar-refractivity contribution is 9.10. The molecule has 0 spiro atoms. The summed E-state index contributed by atoms with van der Waals surface area (Å²) < 4.78 is 2.08. The standard InChI is InChI=1S/C29H34BrN7O4/c1-16-5-6-21-18(9-16)10-19(11-32-21)20-12-33-37-24(31)22(30)23(35-25(20)37)17(2)34-26(40)29(7-8-29)13-36(4)27(41)28(3,14-38)15-39/h5-6,9-12,17,38-39H,7-8,13-15,31H2,1-4H3,(H,34,40). The number of rotatable bonds is 9. The first-order chi connectivity index (χ1) is 19.4. The Morgan fingerprint density at radius 3 is 2.61 bits per heavy atom. The van der Waals surface area contributed by atoms with E-state index in [-0.39, 0.29) is 12.5 Å². The number of aliphatic hydroxyl groups excluding tert-OH is 2. The first-order valence-corrected chi connectivity index (χ1v) is 14.2. The van der Waals surface area contributed by atoms with Crippen LogP contribution in [0, 0.1) is 17.8 Å². The van der Waals surface area contributed by atoms with Gasteiger partial charge in [0.15, 0.2) is 5.65 Å². The molecule has 1 aliphatic carbocycles. The second kappa shape index (κ2) is 10.7. The van der Waals surface area contributed by atoms with Crippen LogP contribution in [0.2, 0.25) is 0 Å². The van der Waals surface area contributed by atoms with Crippen LogP contribution in [0.3, 0.4) is 0 Å². The van der Waals surface area contributed by atoms with E-state index in [0.29, 0.717) is 34.5 Å². The van der Waals surface area contributed by atoms with Gasteiger partial charge in [-0.3, -0.25) is 14.6 Å². The molecule has 216 valence electrons. The number of nitrogens with zero attached hydrogens (tertiary/aromatic N) is 5. The average molecular weight is 625 g/mol. The molecule has 3 aromatic heterocycles. The second-order valence-electron chi connectivity index (χ2n) is 11.4. The van der Waals surface area contributed by atoms with Crippen molar-refractivity contribution < 1.29 is 19.8 Å². The van der Waals surface area contributed by atoms with E-state index in [2.05, 4.69) is 37.4 Å². The molecule has 5 N–H and O–H groups in total. The lowest BCUT2D eigenvalue weighted by Crippen LogP contribution is -2.49. The van der Waals surface area contributed by atoms with Crippen LogP contribution in [-0.2, 0) is 9.59 Å². The van der Waals surface area contributed by atoms with Gasteiger partial charge in [0.05, 0.1) is 52.0 Å². The van der Waals surface area contributed by atoms with Gasteiger partial charge in [-0.2, -0.15) is 9.61 Å². The summed E-state index contributed by atoms with van der Waals surface area (Å²) in [6, 6.07) is 7.62. The number of anilines is 1. The Bertz CT molecular complexity index is 1660. The van der Waals surface area contributed by atoms with Crippen molar-refractivity contribution in [3.8, 4) is 11.1 Å². The molecule has 11 nitrogen and oxygen atoms in total. The number of aromatic nitrogens is 4. The number of hydrogen-bond acceptors (Lipinski definition) is 8. The highest BCUT2D eigenvalue weighted by Gasteiger charge is 2.52. The Hall–Kier alpha value is -3.61. The van der Waals surface area contributed by atoms with Gasteiger partial charge < -0.3 is 26.2 Å². The summed E-state index contributed by atoms with van der Waals surface area (Å²) >= 11 is 3.55. The van der Waals surface area contributed by atoms with Crippen LogP contribution >= 0.6 is 15.9 Å². The first-order valence-electron chi connectivity index (χ1n) is 13.4. The molecule has 1 unspecified atom stereocenters. The average Bonchev–Trinajstić information content (AvgIpc) is 3.62. The molecule has 41 heavy (non-hydrogen) atoms. The van der Waals surface area contributed by atoms with Crippen LogP contribution in [0.15, 0.2) is 41.1 Å². The van der Waals surface area contributed by atoms with E-state index in [0.717, 1.165) is 27.6 Å². The van der Waals surface area contributed by atoms with Crippen molar-refractivity contribution >= 4 is 50.1 Å². The van der Waals surface area contributed by atoms with E-state index in [1.807, 2.05) is 32.0 Å². The third-order valence-electron chi connectivity index (χ3n) is 7.99. The highest BCUT2D eigenvalue weighted by Crippen LogP contribution is 2.47. The lowest BCUT2D eigenvalue weighted by atomic mass is 9.90. The number of carbonyl (C=O) groups excluding carboxylic acids is 2. The van der Waals surface area contributed by atoms with Crippen molar-refractivity contribution in [1.82, 2.24) is 29.8 Å². The maximum Gasteiger partial charge on any atom is 0.232 e. The third-order valence-corrected chi connectivity index (χ3v) is 8.80. The Morgan fingerprint density at radius 2 is 1.95 bits per heavy atom. The maximum absolute atomic E-state index is 13.5. The van der Waals surface area contributed by atoms with Crippen molar-refractivity contribution in [3.05, 3.63) is 52.4 Å². The Kier molecular flexibility index (Phi) is 7.51. The fourth-order valence-corrected chi connectivity index (χ4v) is 5.70. The number of fused-ring (bicyclic) bond motifs is 2. The van der Waals surface area contributed by atoms with Crippen LogP contribution in [0.25, 0.3) is 27.7 Å². The van der Waals surface area contributed by atoms with Crippen LogP contribution < -0.4 is 11.1 Å². The predicted molar refractivity (Wildman–Crippen MR) is 159 cm³/mol. The first kappa shape index (κ1) is 28.9. The molecular weight excluding hydrogens is 590 g/mol. The monoisotopic (exact) mass is 623 g/mol. The molecule has 0 bridgehead atoms. The molecule has 2 amide bonds. The quantitative estimate of drug-likeness (QED) is 0.221. The number of hydrogen-bond donors (Lipinski definition) is 4. The van der Waals surface area contributed by atoms with Gasteiger partial charge in [-0.1, -0.05) is 11.6 Å². The SMILES string of the molecule is Cc1ccc2ncc(-c3cnn4c(N)c(Br)c(C(C)NC(=O)C5(CN(C)C(=O)C(C)(CO)CO)CC5)nc34)cc2c1. The Labute approximate surface area is 245 Å². The number of benzene rings is 1. The van der Waals surface area contributed by atoms with Gasteiger partial charge in [0.1, 0.15) is 5.82 Å². The van der Waals surface area contributed by atoms with Crippen molar-refractivity contribution in [2.45, 2.75) is 39.7 Å². The van der Waals surface area contributed by atoms with E-state index in [9.17, 15) is 19.8 Å². The Balaban J connectivity index is 1.41. The van der Waals surface area contributed by atoms with E-state index >= 15 is 0 Å². The summed E-state index contributed by atoms with van der Waals surface area (Å²) in [6.45, 7) is 4.56. The molecule has 1 aliphatic rings. The molecule has 0 aliphatic heterocycles. The van der Waals surface area contributed by atoms with E-state index in [4.69, 9.17) is 10.7 Å². The summed E-state index contributed by atoms with van der Waals surface area (Å²) in [5.74, 6) is -0.265. The largest absolute Gasteiger partial charge is 0.395 e. The van der Waals surface area contributed by atoms with Gasteiger partial charge in [0.25, 0.3) is 0 Å². The van der Waals surface area contributed by atoms with Crippen molar-refractivity contribution in [1.29, 1.82) is 0 Å². The second-order valence-corrected chi connectivity index (χ2v) is 12.2. The lowest BCUT2D eigenvalue weighted by Gasteiger charge is -2.32. The zero-order valence-electron chi connectivity index (χ0n) is 23.5. The number of aryl methyl sites for hydroxylation is 1. The summed E-state index contributed by atoms with van der Waals surface area (Å²) in [4.78, 5) is 37.2. The van der Waals surface area contributed by atoms with Crippen molar-refractivity contribution in [3.63, 3.8) is 0 Å². The zero-order chi connectivity index (χ0) is 29.7. The molecule has 4 aromatic rings. The minimum atomic E-state index is -1.31. The number of carbonyl (C=O) groups is 2. The molecule has 1 fully saturated rings. The van der Waals surface area contributed by atoms with Gasteiger partial charge in [0, 0.05) is 36.3 Å². The van der Waals surface area contributed by atoms with Gasteiger partial charge in [-0.05, 0) is 67.7 Å². The van der Waals surface area contributed by atoms with E-state index < -0.39 is 36.0 Å². The topological polar surface area (TPSA) is 159 Å². The number of nitrogen functional groups attached to an aromatic ring is 1. The van der Waals surface area contributed by atoms with Crippen LogP contribution in [0.4, 0.5) is 5.82 Å². The number of amides is 2. The lowest BCUT2D eigenvalue weighted by molar-refractivity contribution is -0.146. The molecule has 12 heteroatoms. The van der Waals surface area contributed by atoms with Crippen LogP contribution in [0.5, 0.6) is 0 Å². The van der Waals surface area contributed by atoms with Crippen LogP contribution in [-0.4, -0.2) is 73.3 Å². The number of aliphatic hydroxyl groups is 2. The van der Waals surface area contributed by atoms with E-state index in [1.54, 1.807) is 24.0 Å². The molecular formula is C29H34BrN7O4. The van der Waals surface area contributed by atoms with Crippen LogP contribution in [0.1, 0.15) is 44.0 Å². The minimum absolute atomic E-state index is 0.178. The fourth-order valence-electron chi connectivity index (χ4n) is 5.10. The smallest absolute Gasteiger partial charge is 0.232 e. The molecule has 0 saturated heterocycles. The number of nitrogens with one attached hydrogen (secondary N) is 1. The molecule has 1 aromatic carbocycles. The van der Waals surface area contributed by atoms with Gasteiger partial charge >= 0.3 is 0 Å². The molecule has 0 radical (unpaired) electrons. The van der Waals surface area contributed by atoms with E-state index in [1.165, 1.54) is 11.8 Å². The molecule has 1 atom stereocenters. The van der Waals surface area contributed by atoms with Crippen molar-refractivity contribution in [2.75, 3.05) is 32.5 Å². The number of pyridine rings is 1. The zero-order valence-corrected chi connectivity index (χ0v) is 25.1. The summed E-state index contributed by atoms with van der Waals surface area (Å²) in [6.07, 6.45) is 4.73. The third kappa shape index (κ3) is 5.15. The predicted octanol–water partition coefficient (Wildman–Crippen LogP) is 3.00. The molecule has 5 rings (SSSR count). The summed E-state index contributed by atoms with van der Waals surface area (Å²) in [5, 5.41) is 27.7. The summed E-state index contributed by atoms with van der Waals surface area (Å²) in [5.41, 5.74) is 9.11. The van der Waals surface area contributed by atoms with Crippen molar-refractivity contribution in [2.24, 2.45) is 10.8 Å². The van der Waals surface area contributed by atoms with Gasteiger partial charge in [0.2, 0.25) is 11.8 Å². The van der Waals surface area contributed by atoms with Gasteiger partial charge in [-0.15, -0.1) is 0 Å².